The van der Waals surface area contributed by atoms with Crippen molar-refractivity contribution in [3.63, 3.8) is 0 Å². The van der Waals surface area contributed by atoms with Crippen LogP contribution in [-0.4, -0.2) is 20.5 Å². The number of aromatic nitrogens is 2. The first-order valence-corrected chi connectivity index (χ1v) is 7.01. The Morgan fingerprint density at radius 1 is 1.09 bits per heavy atom. The summed E-state index contributed by atoms with van der Waals surface area (Å²) in [5.41, 5.74) is 5.58. The molecule has 0 amide bonds. The van der Waals surface area contributed by atoms with Crippen LogP contribution in [0.15, 0.2) is 48.7 Å². The van der Waals surface area contributed by atoms with Gasteiger partial charge in [0.2, 0.25) is 0 Å². The Kier molecular flexibility index (Phi) is 3.51. The largest absolute Gasteiger partial charge is 0.478 e. The van der Waals surface area contributed by atoms with Gasteiger partial charge in [0.1, 0.15) is 5.65 Å². The molecule has 3 rings (SSSR count). The summed E-state index contributed by atoms with van der Waals surface area (Å²) in [5, 5.41) is 8.92. The number of rotatable bonds is 3. The van der Waals surface area contributed by atoms with Crippen molar-refractivity contribution in [3.8, 4) is 11.3 Å². The number of carboxylic acid groups (broad SMARTS) is 1. The normalized spacial score (nSPS) is 11.4. The molecule has 22 heavy (non-hydrogen) atoms. The molecule has 0 saturated carbocycles. The lowest BCUT2D eigenvalue weighted by atomic mass is 10.1. The van der Waals surface area contributed by atoms with Gasteiger partial charge in [-0.15, -0.1) is 0 Å². The van der Waals surface area contributed by atoms with Gasteiger partial charge in [0.05, 0.1) is 11.4 Å². The highest BCUT2D eigenvalue weighted by Crippen LogP contribution is 2.26. The number of carboxylic acids is 1. The number of hydrogen-bond donors (Lipinski definition) is 1. The minimum atomic E-state index is -0.975. The van der Waals surface area contributed by atoms with E-state index in [2.05, 4.69) is 4.98 Å². The predicted octanol–water partition coefficient (Wildman–Crippen LogP) is 3.72. The standard InChI is InChI=1S/C18H16N2O2/c1-12-3-6-14(7-4-12)18-15(8-10-17(21)22)20-11-13(2)5-9-16(20)19-18/h3-11H,1-2H3,(H,21,22)/b10-8+. The van der Waals surface area contributed by atoms with E-state index in [1.807, 2.05) is 60.8 Å². The Morgan fingerprint density at radius 2 is 1.77 bits per heavy atom. The van der Waals surface area contributed by atoms with Gasteiger partial charge in [0.25, 0.3) is 0 Å². The first-order valence-electron chi connectivity index (χ1n) is 7.01. The van der Waals surface area contributed by atoms with E-state index in [9.17, 15) is 4.79 Å². The summed E-state index contributed by atoms with van der Waals surface area (Å²) in [6, 6.07) is 12.0. The number of fused-ring (bicyclic) bond motifs is 1. The summed E-state index contributed by atoms with van der Waals surface area (Å²) in [6.45, 7) is 4.03. The molecule has 0 aliphatic rings. The Hall–Kier alpha value is -2.88. The van der Waals surface area contributed by atoms with Crippen molar-refractivity contribution in [1.82, 2.24) is 9.38 Å². The van der Waals surface area contributed by atoms with Crippen molar-refractivity contribution >= 4 is 17.7 Å². The van der Waals surface area contributed by atoms with E-state index < -0.39 is 5.97 Å². The summed E-state index contributed by atoms with van der Waals surface area (Å²) in [5.74, 6) is -0.975. The van der Waals surface area contributed by atoms with Gasteiger partial charge in [0.15, 0.2) is 0 Å². The fourth-order valence-corrected chi connectivity index (χ4v) is 2.40. The lowest BCUT2D eigenvalue weighted by molar-refractivity contribution is -0.131. The van der Waals surface area contributed by atoms with Crippen LogP contribution in [0.2, 0.25) is 0 Å². The molecule has 0 atom stereocenters. The SMILES string of the molecule is Cc1ccc(-c2nc3ccc(C)cn3c2/C=C/C(=O)O)cc1. The predicted molar refractivity (Wildman–Crippen MR) is 86.8 cm³/mol. The zero-order valence-corrected chi connectivity index (χ0v) is 12.4. The molecule has 4 heteroatoms. The van der Waals surface area contributed by atoms with Crippen molar-refractivity contribution in [2.45, 2.75) is 13.8 Å². The topological polar surface area (TPSA) is 54.6 Å². The number of imidazole rings is 1. The van der Waals surface area contributed by atoms with Crippen LogP contribution >= 0.6 is 0 Å². The Morgan fingerprint density at radius 3 is 2.45 bits per heavy atom. The summed E-state index contributed by atoms with van der Waals surface area (Å²) in [6.07, 6.45) is 4.70. The van der Waals surface area contributed by atoms with Gasteiger partial charge >= 0.3 is 5.97 Å². The van der Waals surface area contributed by atoms with Crippen LogP contribution < -0.4 is 0 Å². The number of aliphatic carboxylic acids is 1. The molecule has 0 spiro atoms. The molecule has 0 unspecified atom stereocenters. The molecule has 4 nitrogen and oxygen atoms in total. The molecule has 0 saturated heterocycles. The minimum Gasteiger partial charge on any atom is -0.478 e. The van der Waals surface area contributed by atoms with E-state index in [0.717, 1.165) is 34.2 Å². The molecule has 0 aliphatic carbocycles. The highest BCUT2D eigenvalue weighted by atomic mass is 16.4. The average Bonchev–Trinajstić information content (AvgIpc) is 2.83. The van der Waals surface area contributed by atoms with E-state index in [1.165, 1.54) is 5.56 Å². The van der Waals surface area contributed by atoms with Crippen molar-refractivity contribution < 1.29 is 9.90 Å². The third kappa shape index (κ3) is 2.63. The molecule has 0 fully saturated rings. The van der Waals surface area contributed by atoms with Crippen LogP contribution in [0, 0.1) is 13.8 Å². The van der Waals surface area contributed by atoms with Gasteiger partial charge in [-0.3, -0.25) is 4.40 Å². The number of pyridine rings is 1. The van der Waals surface area contributed by atoms with E-state index in [1.54, 1.807) is 6.08 Å². The highest BCUT2D eigenvalue weighted by Gasteiger charge is 2.12. The van der Waals surface area contributed by atoms with Crippen LogP contribution in [0.3, 0.4) is 0 Å². The molecule has 2 aromatic heterocycles. The van der Waals surface area contributed by atoms with Gasteiger partial charge in [-0.1, -0.05) is 35.9 Å². The summed E-state index contributed by atoms with van der Waals surface area (Å²) < 4.78 is 1.92. The highest BCUT2D eigenvalue weighted by molar-refractivity contribution is 5.87. The maximum Gasteiger partial charge on any atom is 0.328 e. The molecule has 2 heterocycles. The average molecular weight is 292 g/mol. The lowest BCUT2D eigenvalue weighted by Gasteiger charge is -2.02. The summed E-state index contributed by atoms with van der Waals surface area (Å²) in [7, 11) is 0. The second kappa shape index (κ2) is 5.48. The number of aryl methyl sites for hydroxylation is 2. The monoisotopic (exact) mass is 292 g/mol. The lowest BCUT2D eigenvalue weighted by Crippen LogP contribution is -1.92. The van der Waals surface area contributed by atoms with Crippen LogP contribution in [0.1, 0.15) is 16.8 Å². The Bertz CT molecular complexity index is 874. The fraction of sp³-hybridized carbons (Fsp3) is 0.111. The molecular weight excluding hydrogens is 276 g/mol. The second-order valence-electron chi connectivity index (χ2n) is 5.32. The second-order valence-corrected chi connectivity index (χ2v) is 5.32. The maximum atomic E-state index is 10.9. The molecule has 1 N–H and O–H groups in total. The van der Waals surface area contributed by atoms with Gasteiger partial charge < -0.3 is 5.11 Å². The number of carbonyl (C=O) groups is 1. The molecule has 3 aromatic rings. The zero-order chi connectivity index (χ0) is 15.7. The summed E-state index contributed by atoms with van der Waals surface area (Å²) in [4.78, 5) is 15.5. The third-order valence-corrected chi connectivity index (χ3v) is 3.51. The number of hydrogen-bond acceptors (Lipinski definition) is 2. The smallest absolute Gasteiger partial charge is 0.328 e. The van der Waals surface area contributed by atoms with Crippen LogP contribution in [0.5, 0.6) is 0 Å². The van der Waals surface area contributed by atoms with Crippen molar-refractivity contribution in [3.05, 3.63) is 65.5 Å². The van der Waals surface area contributed by atoms with Gasteiger partial charge in [-0.05, 0) is 31.6 Å². The first kappa shape index (κ1) is 14.1. The molecule has 0 radical (unpaired) electrons. The minimum absolute atomic E-state index is 0.768. The van der Waals surface area contributed by atoms with Crippen LogP contribution in [0.25, 0.3) is 23.0 Å². The molecule has 1 aromatic carbocycles. The Labute approximate surface area is 128 Å². The van der Waals surface area contributed by atoms with Gasteiger partial charge in [0, 0.05) is 17.8 Å². The summed E-state index contributed by atoms with van der Waals surface area (Å²) >= 11 is 0. The van der Waals surface area contributed by atoms with E-state index in [-0.39, 0.29) is 0 Å². The van der Waals surface area contributed by atoms with Crippen LogP contribution in [0.4, 0.5) is 0 Å². The Balaban J connectivity index is 2.26. The van der Waals surface area contributed by atoms with Gasteiger partial charge in [-0.25, -0.2) is 9.78 Å². The first-order chi connectivity index (χ1) is 10.5. The number of benzene rings is 1. The third-order valence-electron chi connectivity index (χ3n) is 3.51. The molecule has 0 bridgehead atoms. The van der Waals surface area contributed by atoms with Crippen molar-refractivity contribution in [1.29, 1.82) is 0 Å². The molecular formula is C18H16N2O2. The van der Waals surface area contributed by atoms with E-state index >= 15 is 0 Å². The molecule has 0 aliphatic heterocycles. The molecule has 110 valence electrons. The van der Waals surface area contributed by atoms with Crippen molar-refractivity contribution in [2.24, 2.45) is 0 Å². The van der Waals surface area contributed by atoms with E-state index in [0.29, 0.717) is 0 Å². The maximum absolute atomic E-state index is 10.9. The zero-order valence-electron chi connectivity index (χ0n) is 12.4. The van der Waals surface area contributed by atoms with Gasteiger partial charge in [-0.2, -0.15) is 0 Å². The van der Waals surface area contributed by atoms with E-state index in [4.69, 9.17) is 5.11 Å². The number of nitrogens with zero attached hydrogens (tertiary/aromatic N) is 2. The fourth-order valence-electron chi connectivity index (χ4n) is 2.40. The van der Waals surface area contributed by atoms with Crippen LogP contribution in [-0.2, 0) is 4.79 Å². The quantitative estimate of drug-likeness (QED) is 0.749. The van der Waals surface area contributed by atoms with Crippen molar-refractivity contribution in [2.75, 3.05) is 0 Å².